The maximum atomic E-state index is 12.1. The van der Waals surface area contributed by atoms with Gasteiger partial charge in [0.15, 0.2) is 0 Å². The Kier molecular flexibility index (Phi) is 5.01. The van der Waals surface area contributed by atoms with Crippen LogP contribution in [0.5, 0.6) is 0 Å². The van der Waals surface area contributed by atoms with E-state index in [0.717, 1.165) is 25.7 Å². The van der Waals surface area contributed by atoms with E-state index < -0.39 is 0 Å². The Morgan fingerprint density at radius 2 is 1.89 bits per heavy atom. The highest BCUT2D eigenvalue weighted by molar-refractivity contribution is 5.78. The number of aliphatic hydroxyl groups is 1. The van der Waals surface area contributed by atoms with Crippen molar-refractivity contribution in [1.82, 2.24) is 5.32 Å². The highest BCUT2D eigenvalue weighted by Crippen LogP contribution is 2.29. The van der Waals surface area contributed by atoms with Crippen molar-refractivity contribution in [3.63, 3.8) is 0 Å². The number of hydrogen-bond donors (Lipinski definition) is 2. The van der Waals surface area contributed by atoms with Crippen molar-refractivity contribution in [2.45, 2.75) is 44.9 Å². The summed E-state index contributed by atoms with van der Waals surface area (Å²) in [5.41, 5.74) is -0.150. The number of ether oxygens (including phenoxy) is 1. The Hall–Kier alpha value is -0.610. The zero-order chi connectivity index (χ0) is 12.8. The van der Waals surface area contributed by atoms with Crippen LogP contribution in [0.25, 0.3) is 0 Å². The van der Waals surface area contributed by atoms with Crippen molar-refractivity contribution in [1.29, 1.82) is 0 Å². The van der Waals surface area contributed by atoms with Crippen LogP contribution < -0.4 is 5.32 Å². The summed E-state index contributed by atoms with van der Waals surface area (Å²) in [5.74, 6) is 0.392. The second kappa shape index (κ2) is 6.53. The van der Waals surface area contributed by atoms with Gasteiger partial charge in [-0.25, -0.2) is 0 Å². The number of carbonyl (C=O) groups excluding carboxylic acids is 1. The topological polar surface area (TPSA) is 58.6 Å². The van der Waals surface area contributed by atoms with Crippen molar-refractivity contribution in [2.24, 2.45) is 11.3 Å². The molecule has 2 rings (SSSR count). The van der Waals surface area contributed by atoms with E-state index in [4.69, 9.17) is 4.74 Å². The minimum atomic E-state index is -0.150. The van der Waals surface area contributed by atoms with Gasteiger partial charge in [-0.3, -0.25) is 4.79 Å². The van der Waals surface area contributed by atoms with Gasteiger partial charge >= 0.3 is 0 Å². The fourth-order valence-corrected chi connectivity index (χ4v) is 2.98. The number of carbonyl (C=O) groups is 1. The molecule has 18 heavy (non-hydrogen) atoms. The summed E-state index contributed by atoms with van der Waals surface area (Å²) in [7, 11) is 0. The van der Waals surface area contributed by atoms with E-state index in [2.05, 4.69) is 5.32 Å². The molecule has 1 aliphatic heterocycles. The summed E-state index contributed by atoms with van der Waals surface area (Å²) in [4.78, 5) is 12.1. The Morgan fingerprint density at radius 3 is 2.50 bits per heavy atom. The van der Waals surface area contributed by atoms with Gasteiger partial charge in [0, 0.05) is 31.1 Å². The highest BCUT2D eigenvalue weighted by atomic mass is 16.5. The molecule has 1 amide bonds. The highest BCUT2D eigenvalue weighted by Gasteiger charge is 2.33. The van der Waals surface area contributed by atoms with Gasteiger partial charge in [0.1, 0.15) is 0 Å². The average molecular weight is 255 g/mol. The molecule has 1 saturated carbocycles. The van der Waals surface area contributed by atoms with Crippen LogP contribution in [0.15, 0.2) is 0 Å². The largest absolute Gasteiger partial charge is 0.396 e. The second-order valence-corrected chi connectivity index (χ2v) is 5.82. The van der Waals surface area contributed by atoms with E-state index in [1.165, 1.54) is 19.3 Å². The molecule has 0 aromatic heterocycles. The summed E-state index contributed by atoms with van der Waals surface area (Å²) in [6, 6.07) is 0. The van der Waals surface area contributed by atoms with Crippen LogP contribution in [-0.4, -0.2) is 37.4 Å². The third-order valence-electron chi connectivity index (χ3n) is 4.50. The molecule has 2 N–H and O–H groups in total. The number of rotatable bonds is 4. The van der Waals surface area contributed by atoms with Gasteiger partial charge in [-0.1, -0.05) is 19.3 Å². The second-order valence-electron chi connectivity index (χ2n) is 5.82. The molecule has 4 nitrogen and oxygen atoms in total. The SMILES string of the molecule is O=C(NCC1(CO)CCOCC1)C1CCCCC1. The van der Waals surface area contributed by atoms with E-state index in [9.17, 15) is 9.90 Å². The van der Waals surface area contributed by atoms with E-state index >= 15 is 0 Å². The number of aliphatic hydroxyl groups excluding tert-OH is 1. The zero-order valence-electron chi connectivity index (χ0n) is 11.1. The van der Waals surface area contributed by atoms with Gasteiger partial charge in [-0.15, -0.1) is 0 Å². The van der Waals surface area contributed by atoms with Gasteiger partial charge in [0.2, 0.25) is 5.91 Å². The predicted octanol–water partition coefficient (Wildman–Crippen LogP) is 1.47. The van der Waals surface area contributed by atoms with Gasteiger partial charge in [0.05, 0.1) is 6.61 Å². The minimum absolute atomic E-state index is 0.140. The van der Waals surface area contributed by atoms with E-state index in [1.807, 2.05) is 0 Å². The van der Waals surface area contributed by atoms with Crippen molar-refractivity contribution in [3.8, 4) is 0 Å². The first-order chi connectivity index (χ1) is 8.76. The molecule has 4 heteroatoms. The molecule has 0 atom stereocenters. The van der Waals surface area contributed by atoms with Crippen molar-refractivity contribution >= 4 is 5.91 Å². The Bertz CT molecular complexity index is 268. The molecule has 0 aromatic rings. The van der Waals surface area contributed by atoms with Crippen molar-refractivity contribution in [2.75, 3.05) is 26.4 Å². The standard InChI is InChI=1S/C14H25NO3/c16-11-14(6-8-18-9-7-14)10-15-13(17)12-4-2-1-3-5-12/h12,16H,1-11H2,(H,15,17). The summed E-state index contributed by atoms with van der Waals surface area (Å²) < 4.78 is 5.33. The average Bonchev–Trinajstić information content (AvgIpc) is 2.47. The van der Waals surface area contributed by atoms with Crippen LogP contribution in [0.3, 0.4) is 0 Å². The third-order valence-corrected chi connectivity index (χ3v) is 4.50. The monoisotopic (exact) mass is 255 g/mol. The normalized spacial score (nSPS) is 24.7. The fraction of sp³-hybridized carbons (Fsp3) is 0.929. The Morgan fingerprint density at radius 1 is 1.22 bits per heavy atom. The molecular weight excluding hydrogens is 230 g/mol. The van der Waals surface area contributed by atoms with Crippen LogP contribution >= 0.6 is 0 Å². The summed E-state index contributed by atoms with van der Waals surface area (Å²) in [6.45, 7) is 2.13. The molecule has 1 aliphatic carbocycles. The van der Waals surface area contributed by atoms with Gasteiger partial charge < -0.3 is 15.2 Å². The number of nitrogens with one attached hydrogen (secondary N) is 1. The van der Waals surface area contributed by atoms with Crippen LogP contribution in [-0.2, 0) is 9.53 Å². The molecule has 0 bridgehead atoms. The number of amides is 1. The molecule has 2 aliphatic rings. The molecule has 0 unspecified atom stereocenters. The Balaban J connectivity index is 1.79. The lowest BCUT2D eigenvalue weighted by molar-refractivity contribution is -0.127. The van der Waals surface area contributed by atoms with Crippen LogP contribution in [0, 0.1) is 11.3 Å². The van der Waals surface area contributed by atoms with Crippen LogP contribution in [0.1, 0.15) is 44.9 Å². The number of hydrogen-bond acceptors (Lipinski definition) is 3. The molecule has 104 valence electrons. The smallest absolute Gasteiger partial charge is 0.223 e. The zero-order valence-corrected chi connectivity index (χ0v) is 11.1. The lowest BCUT2D eigenvalue weighted by Crippen LogP contribution is -2.45. The van der Waals surface area contributed by atoms with E-state index in [1.54, 1.807) is 0 Å². The van der Waals surface area contributed by atoms with Gasteiger partial charge in [-0.2, -0.15) is 0 Å². The fourth-order valence-electron chi connectivity index (χ4n) is 2.98. The van der Waals surface area contributed by atoms with Gasteiger partial charge in [-0.05, 0) is 25.7 Å². The maximum Gasteiger partial charge on any atom is 0.223 e. The molecule has 0 radical (unpaired) electrons. The summed E-state index contributed by atoms with van der Waals surface area (Å²) in [6.07, 6.45) is 7.36. The Labute approximate surface area is 109 Å². The van der Waals surface area contributed by atoms with Crippen LogP contribution in [0.2, 0.25) is 0 Å². The van der Waals surface area contributed by atoms with Crippen LogP contribution in [0.4, 0.5) is 0 Å². The minimum Gasteiger partial charge on any atom is -0.396 e. The lowest BCUT2D eigenvalue weighted by Gasteiger charge is -2.36. The van der Waals surface area contributed by atoms with Gasteiger partial charge in [0.25, 0.3) is 0 Å². The quantitative estimate of drug-likeness (QED) is 0.800. The first-order valence-corrected chi connectivity index (χ1v) is 7.22. The predicted molar refractivity (Wildman–Crippen MR) is 69.2 cm³/mol. The summed E-state index contributed by atoms with van der Waals surface area (Å²) in [5, 5.41) is 12.6. The molecule has 0 aromatic carbocycles. The van der Waals surface area contributed by atoms with E-state index in [-0.39, 0.29) is 23.8 Å². The third kappa shape index (κ3) is 3.45. The molecule has 1 saturated heterocycles. The van der Waals surface area contributed by atoms with Crippen molar-refractivity contribution < 1.29 is 14.6 Å². The molecule has 0 spiro atoms. The first-order valence-electron chi connectivity index (χ1n) is 7.22. The maximum absolute atomic E-state index is 12.1. The lowest BCUT2D eigenvalue weighted by atomic mass is 9.80. The molecule has 2 fully saturated rings. The molecule has 1 heterocycles. The molecular formula is C14H25NO3. The first kappa shape index (κ1) is 13.8. The van der Waals surface area contributed by atoms with E-state index in [0.29, 0.717) is 19.8 Å². The summed E-state index contributed by atoms with van der Waals surface area (Å²) >= 11 is 0. The van der Waals surface area contributed by atoms with Crippen molar-refractivity contribution in [3.05, 3.63) is 0 Å².